The van der Waals surface area contributed by atoms with Gasteiger partial charge in [-0.3, -0.25) is 0 Å². The summed E-state index contributed by atoms with van der Waals surface area (Å²) in [4.78, 5) is 4.84. The molecule has 0 N–H and O–H groups in total. The van der Waals surface area contributed by atoms with Crippen molar-refractivity contribution in [2.24, 2.45) is 5.92 Å². The van der Waals surface area contributed by atoms with E-state index in [1.165, 1.54) is 0 Å². The Morgan fingerprint density at radius 1 is 0.962 bits per heavy atom. The molecular weight excluding hydrogens is 336 g/mol. The third-order valence-corrected chi connectivity index (χ3v) is 5.20. The Morgan fingerprint density at radius 2 is 1.58 bits per heavy atom. The van der Waals surface area contributed by atoms with Gasteiger partial charge in [0, 0.05) is 11.1 Å². The van der Waals surface area contributed by atoms with Crippen LogP contribution in [-0.4, -0.2) is 10.7 Å². The van der Waals surface area contributed by atoms with E-state index in [0.29, 0.717) is 11.5 Å². The van der Waals surface area contributed by atoms with Crippen LogP contribution in [0.2, 0.25) is 0 Å². The molecule has 0 saturated carbocycles. The van der Waals surface area contributed by atoms with Crippen molar-refractivity contribution in [1.29, 1.82) is 5.26 Å². The third-order valence-electron chi connectivity index (χ3n) is 4.19. The van der Waals surface area contributed by atoms with Gasteiger partial charge in [-0.15, -0.1) is 11.8 Å². The molecule has 3 rings (SSSR count). The molecule has 0 amide bonds. The van der Waals surface area contributed by atoms with Gasteiger partial charge in [0.05, 0.1) is 11.3 Å². The summed E-state index contributed by atoms with van der Waals surface area (Å²) >= 11 is 1.68. The van der Waals surface area contributed by atoms with Crippen molar-refractivity contribution in [2.45, 2.75) is 25.3 Å². The highest BCUT2D eigenvalue weighted by Gasteiger charge is 2.15. The lowest BCUT2D eigenvalue weighted by molar-refractivity contribution is 0.632. The standard InChI is InChI=1S/C23H22N2S/c1-17(2)13-14-26-23-21(16-24)20(18-9-5-3-6-10-18)15-22(25-23)19-11-7-4-8-12-19/h3-12,15,17H,13-14H2,1-2H3. The molecule has 2 aromatic carbocycles. The summed E-state index contributed by atoms with van der Waals surface area (Å²) in [7, 11) is 0. The van der Waals surface area contributed by atoms with Crippen LogP contribution in [0.4, 0.5) is 0 Å². The van der Waals surface area contributed by atoms with E-state index < -0.39 is 0 Å². The fourth-order valence-corrected chi connectivity index (χ4v) is 3.97. The first-order valence-corrected chi connectivity index (χ1v) is 9.86. The lowest BCUT2D eigenvalue weighted by Gasteiger charge is -2.13. The summed E-state index contributed by atoms with van der Waals surface area (Å²) in [5.41, 5.74) is 4.66. The van der Waals surface area contributed by atoms with Crippen molar-refractivity contribution in [3.63, 3.8) is 0 Å². The van der Waals surface area contributed by atoms with Crippen molar-refractivity contribution < 1.29 is 0 Å². The van der Waals surface area contributed by atoms with Gasteiger partial charge in [-0.05, 0) is 29.7 Å². The summed E-state index contributed by atoms with van der Waals surface area (Å²) in [6, 6.07) is 24.7. The van der Waals surface area contributed by atoms with E-state index in [2.05, 4.69) is 32.0 Å². The van der Waals surface area contributed by atoms with Crippen LogP contribution >= 0.6 is 11.8 Å². The Morgan fingerprint density at radius 3 is 2.15 bits per heavy atom. The highest BCUT2D eigenvalue weighted by molar-refractivity contribution is 7.99. The Kier molecular flexibility index (Phi) is 6.09. The van der Waals surface area contributed by atoms with E-state index in [4.69, 9.17) is 4.98 Å². The largest absolute Gasteiger partial charge is 0.240 e. The van der Waals surface area contributed by atoms with Crippen molar-refractivity contribution in [2.75, 3.05) is 5.75 Å². The number of rotatable bonds is 6. The zero-order valence-electron chi connectivity index (χ0n) is 15.1. The van der Waals surface area contributed by atoms with Gasteiger partial charge in [-0.1, -0.05) is 74.5 Å². The SMILES string of the molecule is CC(C)CCSc1nc(-c2ccccc2)cc(-c2ccccc2)c1C#N. The Hall–Kier alpha value is -2.57. The van der Waals surface area contributed by atoms with E-state index in [1.54, 1.807) is 11.8 Å². The molecule has 2 nitrogen and oxygen atoms in total. The highest BCUT2D eigenvalue weighted by Crippen LogP contribution is 2.34. The van der Waals surface area contributed by atoms with Gasteiger partial charge in [0.15, 0.2) is 0 Å². The summed E-state index contributed by atoms with van der Waals surface area (Å²) < 4.78 is 0. The zero-order chi connectivity index (χ0) is 18.4. The van der Waals surface area contributed by atoms with E-state index in [-0.39, 0.29) is 0 Å². The van der Waals surface area contributed by atoms with E-state index in [1.807, 2.05) is 54.6 Å². The summed E-state index contributed by atoms with van der Waals surface area (Å²) in [5, 5.41) is 10.7. The summed E-state index contributed by atoms with van der Waals surface area (Å²) in [5.74, 6) is 1.60. The Bertz CT molecular complexity index is 897. The molecule has 0 aliphatic rings. The Labute approximate surface area is 159 Å². The number of hydrogen-bond donors (Lipinski definition) is 0. The molecule has 0 aliphatic carbocycles. The minimum absolute atomic E-state index is 0.638. The molecule has 0 radical (unpaired) electrons. The molecule has 0 aliphatic heterocycles. The van der Waals surface area contributed by atoms with Crippen molar-refractivity contribution >= 4 is 11.8 Å². The number of nitrogens with zero attached hydrogens (tertiary/aromatic N) is 2. The molecule has 0 spiro atoms. The van der Waals surface area contributed by atoms with Crippen molar-refractivity contribution in [3.8, 4) is 28.5 Å². The molecular formula is C23H22N2S. The maximum atomic E-state index is 9.83. The fraction of sp³-hybridized carbons (Fsp3) is 0.217. The van der Waals surface area contributed by atoms with Gasteiger partial charge < -0.3 is 0 Å². The molecule has 26 heavy (non-hydrogen) atoms. The number of nitriles is 1. The molecule has 3 heteroatoms. The molecule has 130 valence electrons. The number of pyridine rings is 1. The molecule has 0 fully saturated rings. The lowest BCUT2D eigenvalue weighted by Crippen LogP contribution is -1.97. The minimum Gasteiger partial charge on any atom is -0.240 e. The predicted molar refractivity (Wildman–Crippen MR) is 110 cm³/mol. The Balaban J connectivity index is 2.11. The second kappa shape index (κ2) is 8.69. The first-order valence-electron chi connectivity index (χ1n) is 8.88. The first kappa shape index (κ1) is 18.2. The molecule has 0 saturated heterocycles. The first-order chi connectivity index (χ1) is 12.7. The summed E-state index contributed by atoms with van der Waals surface area (Å²) in [6.45, 7) is 4.43. The van der Waals surface area contributed by atoms with Crippen LogP contribution in [0.1, 0.15) is 25.8 Å². The van der Waals surface area contributed by atoms with Crippen molar-refractivity contribution in [3.05, 3.63) is 72.3 Å². The highest BCUT2D eigenvalue weighted by atomic mass is 32.2. The number of benzene rings is 2. The van der Waals surface area contributed by atoms with Gasteiger partial charge in [0.2, 0.25) is 0 Å². The normalized spacial score (nSPS) is 10.7. The van der Waals surface area contributed by atoms with Gasteiger partial charge >= 0.3 is 0 Å². The molecule has 3 aromatic rings. The molecule has 1 aromatic heterocycles. The average Bonchev–Trinajstić information content (AvgIpc) is 2.68. The average molecular weight is 359 g/mol. The van der Waals surface area contributed by atoms with Crippen LogP contribution in [0.25, 0.3) is 22.4 Å². The molecule has 0 atom stereocenters. The predicted octanol–water partition coefficient (Wildman–Crippen LogP) is 6.43. The van der Waals surface area contributed by atoms with Crippen LogP contribution < -0.4 is 0 Å². The van der Waals surface area contributed by atoms with E-state index in [0.717, 1.165) is 39.6 Å². The lowest BCUT2D eigenvalue weighted by atomic mass is 9.99. The van der Waals surface area contributed by atoms with Gasteiger partial charge in [0.1, 0.15) is 11.1 Å². The summed E-state index contributed by atoms with van der Waals surface area (Å²) in [6.07, 6.45) is 1.10. The van der Waals surface area contributed by atoms with Gasteiger partial charge in [0.25, 0.3) is 0 Å². The quantitative estimate of drug-likeness (QED) is 0.477. The smallest absolute Gasteiger partial charge is 0.115 e. The second-order valence-corrected chi connectivity index (χ2v) is 7.69. The van der Waals surface area contributed by atoms with Crippen LogP contribution in [-0.2, 0) is 0 Å². The van der Waals surface area contributed by atoms with E-state index >= 15 is 0 Å². The number of thioether (sulfide) groups is 1. The zero-order valence-corrected chi connectivity index (χ0v) is 16.0. The molecule has 0 bridgehead atoms. The second-order valence-electron chi connectivity index (χ2n) is 6.61. The minimum atomic E-state index is 0.638. The molecule has 1 heterocycles. The monoisotopic (exact) mass is 358 g/mol. The van der Waals surface area contributed by atoms with Crippen LogP contribution in [0.3, 0.4) is 0 Å². The maximum absolute atomic E-state index is 9.83. The van der Waals surface area contributed by atoms with Gasteiger partial charge in [-0.25, -0.2) is 4.98 Å². The third kappa shape index (κ3) is 4.33. The van der Waals surface area contributed by atoms with Gasteiger partial charge in [-0.2, -0.15) is 5.26 Å². The number of hydrogen-bond acceptors (Lipinski definition) is 3. The van der Waals surface area contributed by atoms with Crippen LogP contribution in [0, 0.1) is 17.2 Å². The van der Waals surface area contributed by atoms with Crippen LogP contribution in [0.15, 0.2) is 71.8 Å². The topological polar surface area (TPSA) is 36.7 Å². The van der Waals surface area contributed by atoms with E-state index in [9.17, 15) is 5.26 Å². The fourth-order valence-electron chi connectivity index (χ4n) is 2.73. The molecule has 0 unspecified atom stereocenters. The van der Waals surface area contributed by atoms with Crippen molar-refractivity contribution in [1.82, 2.24) is 4.98 Å². The van der Waals surface area contributed by atoms with Crippen LogP contribution in [0.5, 0.6) is 0 Å². The number of aromatic nitrogens is 1. The maximum Gasteiger partial charge on any atom is 0.115 e.